The van der Waals surface area contributed by atoms with Gasteiger partial charge in [-0.3, -0.25) is 4.79 Å². The topological polar surface area (TPSA) is 67.2 Å². The molecule has 0 N–H and O–H groups in total. The smallest absolute Gasteiger partial charge is 0.253 e. The van der Waals surface area contributed by atoms with Crippen molar-refractivity contribution in [1.29, 1.82) is 0 Å². The number of aryl methyl sites for hydroxylation is 1. The van der Waals surface area contributed by atoms with Crippen LogP contribution in [0.4, 0.5) is 10.2 Å². The van der Waals surface area contributed by atoms with Crippen LogP contribution in [0, 0.1) is 11.7 Å². The number of rotatable bonds is 6. The van der Waals surface area contributed by atoms with E-state index < -0.39 is 0 Å². The van der Waals surface area contributed by atoms with Gasteiger partial charge in [0.1, 0.15) is 17.5 Å². The molecule has 1 aliphatic rings. The molecule has 0 unspecified atom stereocenters. The SMILES string of the molecule is CC(C)CCc1nc(N2CCN(C(=O)c3ccc(F)cc3)CC2)c2cnn(-c3cccc(Cl)c3)c2n1. The number of benzene rings is 2. The second kappa shape index (κ2) is 10.2. The summed E-state index contributed by atoms with van der Waals surface area (Å²) in [4.78, 5) is 26.7. The molecule has 36 heavy (non-hydrogen) atoms. The van der Waals surface area contributed by atoms with Crippen molar-refractivity contribution in [2.45, 2.75) is 26.7 Å². The second-order valence-corrected chi connectivity index (χ2v) is 9.89. The number of carbonyl (C=O) groups excluding carboxylic acids is 1. The third-order valence-electron chi connectivity index (χ3n) is 6.41. The summed E-state index contributed by atoms with van der Waals surface area (Å²) in [6.07, 6.45) is 3.55. The van der Waals surface area contributed by atoms with E-state index in [4.69, 9.17) is 21.6 Å². The minimum atomic E-state index is -0.351. The summed E-state index contributed by atoms with van der Waals surface area (Å²) >= 11 is 6.24. The predicted octanol–water partition coefficient (Wildman–Crippen LogP) is 5.16. The van der Waals surface area contributed by atoms with Gasteiger partial charge < -0.3 is 9.80 Å². The molecule has 186 valence electrons. The summed E-state index contributed by atoms with van der Waals surface area (Å²) in [5, 5.41) is 6.12. The highest BCUT2D eigenvalue weighted by molar-refractivity contribution is 6.30. The Hall–Kier alpha value is -3.52. The second-order valence-electron chi connectivity index (χ2n) is 9.46. The molecule has 3 heterocycles. The van der Waals surface area contributed by atoms with Gasteiger partial charge in [-0.15, -0.1) is 0 Å². The van der Waals surface area contributed by atoms with Crippen molar-refractivity contribution in [1.82, 2.24) is 24.6 Å². The number of carbonyl (C=O) groups is 1. The Morgan fingerprint density at radius 1 is 1.06 bits per heavy atom. The van der Waals surface area contributed by atoms with Crippen LogP contribution in [0.15, 0.2) is 54.7 Å². The van der Waals surface area contributed by atoms with Crippen molar-refractivity contribution in [3.63, 3.8) is 0 Å². The molecule has 1 amide bonds. The molecule has 4 aromatic rings. The van der Waals surface area contributed by atoms with E-state index >= 15 is 0 Å². The van der Waals surface area contributed by atoms with Gasteiger partial charge in [0.05, 0.1) is 17.3 Å². The molecule has 1 aliphatic heterocycles. The van der Waals surface area contributed by atoms with E-state index in [2.05, 4.69) is 23.8 Å². The van der Waals surface area contributed by atoms with E-state index in [1.165, 1.54) is 24.3 Å². The Bertz CT molecular complexity index is 1380. The Labute approximate surface area is 214 Å². The van der Waals surface area contributed by atoms with E-state index in [1.54, 1.807) is 15.8 Å². The number of hydrogen-bond donors (Lipinski definition) is 0. The fourth-order valence-corrected chi connectivity index (χ4v) is 4.59. The number of nitrogens with zero attached hydrogens (tertiary/aromatic N) is 6. The Morgan fingerprint density at radius 2 is 1.81 bits per heavy atom. The molecule has 0 aliphatic carbocycles. The van der Waals surface area contributed by atoms with Crippen LogP contribution in [-0.2, 0) is 6.42 Å². The molecular formula is C27H28ClFN6O. The van der Waals surface area contributed by atoms with Crippen LogP contribution in [0.3, 0.4) is 0 Å². The number of halogens is 2. The lowest BCUT2D eigenvalue weighted by Gasteiger charge is -2.35. The van der Waals surface area contributed by atoms with Crippen molar-refractivity contribution in [2.24, 2.45) is 5.92 Å². The van der Waals surface area contributed by atoms with Crippen molar-refractivity contribution >= 4 is 34.4 Å². The lowest BCUT2D eigenvalue weighted by atomic mass is 10.1. The van der Waals surface area contributed by atoms with Gasteiger partial charge in [-0.05, 0) is 54.8 Å². The zero-order valence-electron chi connectivity index (χ0n) is 20.4. The number of piperazine rings is 1. The van der Waals surface area contributed by atoms with Gasteiger partial charge >= 0.3 is 0 Å². The van der Waals surface area contributed by atoms with E-state index in [1.807, 2.05) is 24.3 Å². The van der Waals surface area contributed by atoms with E-state index in [-0.39, 0.29) is 11.7 Å². The largest absolute Gasteiger partial charge is 0.352 e. The first-order valence-electron chi connectivity index (χ1n) is 12.2. The molecule has 1 saturated heterocycles. The van der Waals surface area contributed by atoms with Crippen molar-refractivity contribution < 1.29 is 9.18 Å². The average Bonchev–Trinajstić information content (AvgIpc) is 3.31. The lowest BCUT2D eigenvalue weighted by Crippen LogP contribution is -2.49. The molecule has 2 aromatic heterocycles. The quantitative estimate of drug-likeness (QED) is 0.361. The summed E-state index contributed by atoms with van der Waals surface area (Å²) in [5.74, 6) is 1.71. The molecule has 7 nitrogen and oxygen atoms in total. The van der Waals surface area contributed by atoms with Gasteiger partial charge in [0.25, 0.3) is 5.91 Å². The van der Waals surface area contributed by atoms with Crippen LogP contribution in [-0.4, -0.2) is 56.7 Å². The van der Waals surface area contributed by atoms with E-state index in [9.17, 15) is 9.18 Å². The summed E-state index contributed by atoms with van der Waals surface area (Å²) in [5.41, 5.74) is 2.07. The zero-order valence-corrected chi connectivity index (χ0v) is 21.1. The maximum Gasteiger partial charge on any atom is 0.253 e. The fraction of sp³-hybridized carbons (Fsp3) is 0.333. The summed E-state index contributed by atoms with van der Waals surface area (Å²) in [6, 6.07) is 13.2. The molecule has 0 bridgehead atoms. The summed E-state index contributed by atoms with van der Waals surface area (Å²) in [7, 11) is 0. The Kier molecular flexibility index (Phi) is 6.87. The van der Waals surface area contributed by atoms with E-state index in [0.29, 0.717) is 42.7 Å². The molecule has 0 atom stereocenters. The first kappa shape index (κ1) is 24.2. The Morgan fingerprint density at radius 3 is 2.50 bits per heavy atom. The number of anilines is 1. The minimum absolute atomic E-state index is 0.0890. The van der Waals surface area contributed by atoms with Crippen molar-refractivity contribution in [3.05, 3.63) is 77.0 Å². The normalized spacial score (nSPS) is 14.1. The maximum atomic E-state index is 13.3. The maximum absolute atomic E-state index is 13.3. The first-order chi connectivity index (χ1) is 17.4. The standard InChI is InChI=1S/C27H28ClFN6O/c1-18(2)6-11-24-31-25(23-17-30-35(26(23)32-24)22-5-3-4-20(28)16-22)33-12-14-34(15-13-33)27(36)19-7-9-21(29)10-8-19/h3-5,7-10,16-18H,6,11-15H2,1-2H3. The molecule has 9 heteroatoms. The van der Waals surface area contributed by atoms with Crippen LogP contribution in [0.25, 0.3) is 16.7 Å². The van der Waals surface area contributed by atoms with Gasteiger partial charge in [-0.25, -0.2) is 19.0 Å². The highest BCUT2D eigenvalue weighted by Gasteiger charge is 2.26. The van der Waals surface area contributed by atoms with Gasteiger partial charge in [-0.2, -0.15) is 5.10 Å². The zero-order chi connectivity index (χ0) is 25.2. The molecule has 1 fully saturated rings. The number of aromatic nitrogens is 4. The van der Waals surface area contributed by atoms with Crippen molar-refractivity contribution in [3.8, 4) is 5.69 Å². The number of hydrogen-bond acceptors (Lipinski definition) is 5. The third-order valence-corrected chi connectivity index (χ3v) is 6.65. The monoisotopic (exact) mass is 506 g/mol. The molecule has 0 radical (unpaired) electrons. The third kappa shape index (κ3) is 5.04. The predicted molar refractivity (Wildman–Crippen MR) is 139 cm³/mol. The Balaban J connectivity index is 1.44. The first-order valence-corrected chi connectivity index (χ1v) is 12.6. The summed E-state index contributed by atoms with van der Waals surface area (Å²) in [6.45, 7) is 6.73. The summed E-state index contributed by atoms with van der Waals surface area (Å²) < 4.78 is 15.1. The molecular weight excluding hydrogens is 479 g/mol. The lowest BCUT2D eigenvalue weighted by molar-refractivity contribution is 0.0746. The molecule has 2 aromatic carbocycles. The average molecular weight is 507 g/mol. The van der Waals surface area contributed by atoms with Gasteiger partial charge in [0.15, 0.2) is 5.65 Å². The van der Waals surface area contributed by atoms with E-state index in [0.717, 1.165) is 41.2 Å². The van der Waals surface area contributed by atoms with Crippen molar-refractivity contribution in [2.75, 3.05) is 31.1 Å². The van der Waals surface area contributed by atoms with Crippen LogP contribution >= 0.6 is 11.6 Å². The molecule has 5 rings (SSSR count). The minimum Gasteiger partial charge on any atom is -0.352 e. The van der Waals surface area contributed by atoms with Crippen LogP contribution in [0.5, 0.6) is 0 Å². The van der Waals surface area contributed by atoms with Crippen LogP contribution in [0.2, 0.25) is 5.02 Å². The van der Waals surface area contributed by atoms with Gasteiger partial charge in [0, 0.05) is 43.2 Å². The highest BCUT2D eigenvalue weighted by Crippen LogP contribution is 2.28. The number of amides is 1. The number of fused-ring (bicyclic) bond motifs is 1. The fourth-order valence-electron chi connectivity index (χ4n) is 4.40. The highest BCUT2D eigenvalue weighted by atomic mass is 35.5. The van der Waals surface area contributed by atoms with Gasteiger partial charge in [0.2, 0.25) is 0 Å². The van der Waals surface area contributed by atoms with Crippen LogP contribution < -0.4 is 4.90 Å². The van der Waals surface area contributed by atoms with Crippen LogP contribution in [0.1, 0.15) is 36.5 Å². The molecule has 0 spiro atoms. The molecule has 0 saturated carbocycles. The van der Waals surface area contributed by atoms with Gasteiger partial charge in [-0.1, -0.05) is 31.5 Å².